The Bertz CT molecular complexity index is 1130. The molecule has 6 heteroatoms. The van der Waals surface area contributed by atoms with E-state index >= 15 is 0 Å². The van der Waals surface area contributed by atoms with Crippen LogP contribution in [0.3, 0.4) is 0 Å². The van der Waals surface area contributed by atoms with Gasteiger partial charge in [0, 0.05) is 5.56 Å². The topological polar surface area (TPSA) is 76.7 Å². The maximum atomic E-state index is 12.3. The van der Waals surface area contributed by atoms with Gasteiger partial charge in [0.15, 0.2) is 11.4 Å². The van der Waals surface area contributed by atoms with Gasteiger partial charge in [0.1, 0.15) is 0 Å². The van der Waals surface area contributed by atoms with E-state index in [9.17, 15) is 4.79 Å². The largest absolute Gasteiger partial charge is 0.355 e. The Morgan fingerprint density at radius 2 is 2.17 bits per heavy atom. The van der Waals surface area contributed by atoms with Crippen LogP contribution in [0, 0.1) is 6.92 Å². The second-order valence-corrected chi connectivity index (χ2v) is 5.76. The highest BCUT2D eigenvalue weighted by molar-refractivity contribution is 5.83. The van der Waals surface area contributed by atoms with Gasteiger partial charge in [-0.15, -0.1) is 0 Å². The Morgan fingerprint density at radius 1 is 1.26 bits per heavy atom. The van der Waals surface area contributed by atoms with E-state index in [0.29, 0.717) is 18.0 Å². The third-order valence-electron chi connectivity index (χ3n) is 4.27. The zero-order valence-corrected chi connectivity index (χ0v) is 12.3. The lowest BCUT2D eigenvalue weighted by atomic mass is 10.0. The van der Waals surface area contributed by atoms with Gasteiger partial charge in [-0.25, -0.2) is 9.78 Å². The first kappa shape index (κ1) is 12.4. The zero-order chi connectivity index (χ0) is 15.6. The molecule has 0 radical (unpaired) electrons. The maximum absolute atomic E-state index is 12.3. The summed E-state index contributed by atoms with van der Waals surface area (Å²) >= 11 is 0. The van der Waals surface area contributed by atoms with Crippen LogP contribution in [0.4, 0.5) is 0 Å². The van der Waals surface area contributed by atoms with Gasteiger partial charge >= 0.3 is 5.69 Å². The number of hydrogen-bond donors (Lipinski definition) is 1. The van der Waals surface area contributed by atoms with Gasteiger partial charge in [-0.2, -0.15) is 0 Å². The summed E-state index contributed by atoms with van der Waals surface area (Å²) in [6, 6.07) is 11.7. The van der Waals surface area contributed by atoms with Crippen LogP contribution in [0.2, 0.25) is 0 Å². The molecule has 1 aliphatic rings. The lowest BCUT2D eigenvalue weighted by molar-refractivity contribution is 0.427. The number of nitrogens with one attached hydrogen (secondary N) is 1. The van der Waals surface area contributed by atoms with Crippen LogP contribution >= 0.6 is 0 Å². The van der Waals surface area contributed by atoms with Crippen LogP contribution in [0.15, 0.2) is 45.7 Å². The molecule has 4 aromatic rings. The summed E-state index contributed by atoms with van der Waals surface area (Å²) < 4.78 is 7.22. The molecule has 5 rings (SSSR count). The number of H-pyrrole nitrogens is 1. The van der Waals surface area contributed by atoms with Crippen LogP contribution in [0.1, 0.15) is 11.3 Å². The second-order valence-electron chi connectivity index (χ2n) is 5.76. The standard InChI is InChI=1S/C17H12N4O2/c1-9-14-12-5-6-13-16(18-12)21(17(22)19-13)8-10-3-2-4-11(7-10)15(14)23-20-9/h2-7H,8H2,1H3,(H,19,22). The third-order valence-corrected chi connectivity index (χ3v) is 4.27. The molecule has 1 aliphatic heterocycles. The summed E-state index contributed by atoms with van der Waals surface area (Å²) in [5.74, 6) is 0.711. The highest BCUT2D eigenvalue weighted by atomic mass is 16.5. The summed E-state index contributed by atoms with van der Waals surface area (Å²) in [5, 5.41) is 4.11. The summed E-state index contributed by atoms with van der Waals surface area (Å²) in [4.78, 5) is 19.8. The van der Waals surface area contributed by atoms with Crippen molar-refractivity contribution >= 4 is 11.2 Å². The van der Waals surface area contributed by atoms with Crippen molar-refractivity contribution in [1.29, 1.82) is 0 Å². The van der Waals surface area contributed by atoms with E-state index in [0.717, 1.165) is 33.6 Å². The van der Waals surface area contributed by atoms with Crippen molar-refractivity contribution in [2.24, 2.45) is 0 Å². The van der Waals surface area contributed by atoms with Gasteiger partial charge in [0.05, 0.1) is 29.0 Å². The van der Waals surface area contributed by atoms with Gasteiger partial charge in [-0.05, 0) is 30.7 Å². The Hall–Kier alpha value is -3.15. The highest BCUT2D eigenvalue weighted by Gasteiger charge is 2.21. The minimum atomic E-state index is -0.155. The number of aryl methyl sites for hydroxylation is 1. The molecule has 0 unspecified atom stereocenters. The summed E-state index contributed by atoms with van der Waals surface area (Å²) in [6.45, 7) is 2.36. The SMILES string of the molecule is Cc1noc2c1-c1ccc3[nH]c(=O)n(c3n1)Cc1cccc-2c1. The number of hydrogen-bond acceptors (Lipinski definition) is 4. The Kier molecular flexibility index (Phi) is 2.26. The number of fused-ring (bicyclic) bond motifs is 6. The van der Waals surface area contributed by atoms with Crippen molar-refractivity contribution in [2.75, 3.05) is 0 Å². The number of aromatic nitrogens is 4. The minimum Gasteiger partial charge on any atom is -0.355 e. The third kappa shape index (κ3) is 1.66. The van der Waals surface area contributed by atoms with Crippen molar-refractivity contribution in [1.82, 2.24) is 19.7 Å². The molecule has 0 saturated carbocycles. The van der Waals surface area contributed by atoms with Crippen LogP contribution in [0.25, 0.3) is 33.7 Å². The molecule has 23 heavy (non-hydrogen) atoms. The Morgan fingerprint density at radius 3 is 3.09 bits per heavy atom. The van der Waals surface area contributed by atoms with Gasteiger partial charge in [-0.1, -0.05) is 23.4 Å². The number of nitrogens with zero attached hydrogens (tertiary/aromatic N) is 3. The molecule has 6 nitrogen and oxygen atoms in total. The first-order valence-electron chi connectivity index (χ1n) is 7.36. The Balaban J connectivity index is 1.98. The summed E-state index contributed by atoms with van der Waals surface area (Å²) in [5.41, 5.74) is 5.57. The van der Waals surface area contributed by atoms with Crippen molar-refractivity contribution in [3.05, 3.63) is 58.1 Å². The quantitative estimate of drug-likeness (QED) is 0.477. The smallest absolute Gasteiger partial charge is 0.327 e. The summed E-state index contributed by atoms with van der Waals surface area (Å²) in [6.07, 6.45) is 0. The van der Waals surface area contributed by atoms with Crippen molar-refractivity contribution in [3.8, 4) is 22.6 Å². The van der Waals surface area contributed by atoms with E-state index < -0.39 is 0 Å². The molecular formula is C17H12N4O2. The molecule has 0 fully saturated rings. The van der Waals surface area contributed by atoms with Crippen LogP contribution in [0.5, 0.6) is 0 Å². The zero-order valence-electron chi connectivity index (χ0n) is 12.3. The molecule has 0 atom stereocenters. The molecule has 4 bridgehead atoms. The van der Waals surface area contributed by atoms with E-state index in [1.54, 1.807) is 4.57 Å². The monoisotopic (exact) mass is 304 g/mol. The van der Waals surface area contributed by atoms with E-state index in [4.69, 9.17) is 9.51 Å². The van der Waals surface area contributed by atoms with Crippen LogP contribution in [-0.4, -0.2) is 19.7 Å². The Labute approximate surface area is 130 Å². The fourth-order valence-electron chi connectivity index (χ4n) is 3.18. The van der Waals surface area contributed by atoms with E-state index in [-0.39, 0.29) is 5.69 Å². The van der Waals surface area contributed by atoms with E-state index in [1.165, 1.54) is 0 Å². The maximum Gasteiger partial charge on any atom is 0.327 e. The molecule has 0 amide bonds. The average molecular weight is 304 g/mol. The fourth-order valence-corrected chi connectivity index (χ4v) is 3.18. The molecule has 112 valence electrons. The molecule has 1 aromatic carbocycles. The number of benzene rings is 1. The molecular weight excluding hydrogens is 292 g/mol. The number of aromatic amines is 1. The predicted octanol–water partition coefficient (Wildman–Crippen LogP) is 2.72. The van der Waals surface area contributed by atoms with Gasteiger partial charge in [-0.3, -0.25) is 4.57 Å². The average Bonchev–Trinajstić information content (AvgIpc) is 3.08. The number of imidazole rings is 1. The van der Waals surface area contributed by atoms with E-state index in [1.807, 2.05) is 43.3 Å². The van der Waals surface area contributed by atoms with Crippen molar-refractivity contribution in [3.63, 3.8) is 0 Å². The molecule has 0 saturated heterocycles. The molecule has 0 spiro atoms. The highest BCUT2D eigenvalue weighted by Crippen LogP contribution is 2.35. The van der Waals surface area contributed by atoms with Gasteiger partial charge in [0.2, 0.25) is 0 Å². The van der Waals surface area contributed by atoms with Crippen LogP contribution < -0.4 is 5.69 Å². The lowest BCUT2D eigenvalue weighted by Gasteiger charge is -2.09. The lowest BCUT2D eigenvalue weighted by Crippen LogP contribution is -2.18. The normalized spacial score (nSPS) is 12.6. The second kappa shape index (κ2) is 4.19. The first-order valence-corrected chi connectivity index (χ1v) is 7.36. The number of rotatable bonds is 0. The predicted molar refractivity (Wildman–Crippen MR) is 85.1 cm³/mol. The van der Waals surface area contributed by atoms with Crippen molar-refractivity contribution in [2.45, 2.75) is 13.5 Å². The molecule has 1 N–H and O–H groups in total. The van der Waals surface area contributed by atoms with Gasteiger partial charge < -0.3 is 9.51 Å². The molecule has 3 aromatic heterocycles. The van der Waals surface area contributed by atoms with Crippen molar-refractivity contribution < 1.29 is 4.52 Å². The number of pyridine rings is 1. The molecule has 0 aliphatic carbocycles. The van der Waals surface area contributed by atoms with Gasteiger partial charge in [0.25, 0.3) is 0 Å². The minimum absolute atomic E-state index is 0.155. The fraction of sp³-hybridized carbons (Fsp3) is 0.118. The van der Waals surface area contributed by atoms with Crippen LogP contribution in [-0.2, 0) is 6.54 Å². The summed E-state index contributed by atoms with van der Waals surface area (Å²) in [7, 11) is 0. The first-order chi connectivity index (χ1) is 11.2. The molecule has 4 heterocycles. The van der Waals surface area contributed by atoms with E-state index in [2.05, 4.69) is 10.1 Å².